The third-order valence-corrected chi connectivity index (χ3v) is 5.79. The van der Waals surface area contributed by atoms with Gasteiger partial charge in [0.1, 0.15) is 0 Å². The maximum atomic E-state index is 13.0. The van der Waals surface area contributed by atoms with E-state index in [0.717, 1.165) is 54.0 Å². The van der Waals surface area contributed by atoms with Crippen molar-refractivity contribution in [2.24, 2.45) is 7.05 Å². The number of rotatable bonds is 5. The predicted octanol–water partition coefficient (Wildman–Crippen LogP) is 2.00. The Hall–Kier alpha value is -3.72. The highest BCUT2D eigenvalue weighted by Gasteiger charge is 2.18. The van der Waals surface area contributed by atoms with Gasteiger partial charge in [0.15, 0.2) is 11.6 Å². The third kappa shape index (κ3) is 4.19. The van der Waals surface area contributed by atoms with E-state index < -0.39 is 0 Å². The number of nitrogens with zero attached hydrogens (tertiary/aromatic N) is 8. The van der Waals surface area contributed by atoms with Crippen LogP contribution in [0.5, 0.6) is 0 Å². The van der Waals surface area contributed by atoms with Crippen molar-refractivity contribution in [2.75, 3.05) is 38.1 Å². The topological polar surface area (TPSA) is 92.9 Å². The fourth-order valence-corrected chi connectivity index (χ4v) is 3.86. The van der Waals surface area contributed by atoms with E-state index in [4.69, 9.17) is 0 Å². The molecule has 0 radical (unpaired) electrons. The van der Waals surface area contributed by atoms with Gasteiger partial charge in [-0.15, -0.1) is 5.10 Å². The Kier molecular flexibility index (Phi) is 5.32. The first-order valence-corrected chi connectivity index (χ1v) is 10.6. The van der Waals surface area contributed by atoms with Gasteiger partial charge in [-0.3, -0.25) is 19.4 Å². The molecule has 0 N–H and O–H groups in total. The van der Waals surface area contributed by atoms with Crippen LogP contribution < -0.4 is 4.90 Å². The molecule has 0 atom stereocenters. The SMILES string of the molecule is CN1CCN(c2cc(C(=O)Cc3cc4cc(-c5cnn(C)c5)ncc4cn3)cnn2)CC1. The Balaban J connectivity index is 1.36. The first-order valence-electron chi connectivity index (χ1n) is 10.6. The average molecular weight is 429 g/mol. The number of likely N-dealkylation sites (N-methyl/N-ethyl adjacent to an activating group) is 1. The standard InChI is InChI=1S/C23H24N8O/c1-29-3-5-31(6-4-29)23-9-17(13-26-28-23)22(32)10-20-7-16-8-21(19-14-27-30(2)15-19)25-12-18(16)11-24-20/h7-9,11-15H,3-6,10H2,1-2H3. The molecule has 9 nitrogen and oxygen atoms in total. The lowest BCUT2D eigenvalue weighted by Crippen LogP contribution is -2.44. The number of aromatic nitrogens is 6. The highest BCUT2D eigenvalue weighted by atomic mass is 16.1. The second-order valence-electron chi connectivity index (χ2n) is 8.19. The number of Topliss-reactive ketones (excluding diaryl/α,β-unsaturated/α-hetero) is 1. The van der Waals surface area contributed by atoms with E-state index in [0.29, 0.717) is 11.3 Å². The summed E-state index contributed by atoms with van der Waals surface area (Å²) in [6.07, 6.45) is 9.01. The summed E-state index contributed by atoms with van der Waals surface area (Å²) in [4.78, 5) is 26.4. The van der Waals surface area contributed by atoms with Gasteiger partial charge in [-0.25, -0.2) is 0 Å². The average Bonchev–Trinajstić information content (AvgIpc) is 3.25. The van der Waals surface area contributed by atoms with Gasteiger partial charge >= 0.3 is 0 Å². The van der Waals surface area contributed by atoms with E-state index >= 15 is 0 Å². The predicted molar refractivity (Wildman–Crippen MR) is 122 cm³/mol. The minimum Gasteiger partial charge on any atom is -0.353 e. The Labute approximate surface area is 185 Å². The summed E-state index contributed by atoms with van der Waals surface area (Å²) in [6, 6.07) is 5.79. The van der Waals surface area contributed by atoms with E-state index in [1.54, 1.807) is 23.3 Å². The molecule has 1 fully saturated rings. The largest absolute Gasteiger partial charge is 0.353 e. The molecule has 4 aromatic rings. The number of fused-ring (bicyclic) bond motifs is 1. The Morgan fingerprint density at radius 1 is 0.938 bits per heavy atom. The summed E-state index contributed by atoms with van der Waals surface area (Å²) in [6.45, 7) is 3.69. The van der Waals surface area contributed by atoms with Gasteiger partial charge in [0.05, 0.1) is 24.5 Å². The maximum absolute atomic E-state index is 13.0. The first-order chi connectivity index (χ1) is 15.5. The van der Waals surface area contributed by atoms with Gasteiger partial charge < -0.3 is 9.80 Å². The summed E-state index contributed by atoms with van der Waals surface area (Å²) in [5.74, 6) is 0.728. The molecular weight excluding hydrogens is 404 g/mol. The van der Waals surface area contributed by atoms with Gasteiger partial charge in [-0.2, -0.15) is 10.2 Å². The molecule has 32 heavy (non-hydrogen) atoms. The molecule has 4 aromatic heterocycles. The number of carbonyl (C=O) groups is 1. The van der Waals surface area contributed by atoms with Crippen molar-refractivity contribution in [1.82, 2.24) is 34.8 Å². The molecule has 9 heteroatoms. The number of pyridine rings is 2. The van der Waals surface area contributed by atoms with E-state index in [1.807, 2.05) is 31.4 Å². The zero-order valence-corrected chi connectivity index (χ0v) is 18.1. The molecule has 1 aliphatic heterocycles. The van der Waals surface area contributed by atoms with Gasteiger partial charge in [0.2, 0.25) is 0 Å². The summed E-state index contributed by atoms with van der Waals surface area (Å²) < 4.78 is 1.75. The highest BCUT2D eigenvalue weighted by molar-refractivity contribution is 5.98. The molecule has 5 rings (SSSR count). The van der Waals surface area contributed by atoms with E-state index in [2.05, 4.69) is 42.1 Å². The Bertz CT molecular complexity index is 1280. The minimum atomic E-state index is -0.0244. The van der Waals surface area contributed by atoms with Crippen molar-refractivity contribution >= 4 is 22.4 Å². The van der Waals surface area contributed by atoms with Crippen LogP contribution in [0.4, 0.5) is 5.82 Å². The van der Waals surface area contributed by atoms with Crippen molar-refractivity contribution in [1.29, 1.82) is 0 Å². The van der Waals surface area contributed by atoms with Crippen molar-refractivity contribution in [3.8, 4) is 11.3 Å². The minimum absolute atomic E-state index is 0.0244. The summed E-state index contributed by atoms with van der Waals surface area (Å²) >= 11 is 0. The van der Waals surface area contributed by atoms with Crippen molar-refractivity contribution in [3.63, 3.8) is 0 Å². The first kappa shape index (κ1) is 20.2. The maximum Gasteiger partial charge on any atom is 0.170 e. The zero-order chi connectivity index (χ0) is 22.1. The van der Waals surface area contributed by atoms with Crippen molar-refractivity contribution in [3.05, 3.63) is 60.4 Å². The fraction of sp³-hybridized carbons (Fsp3) is 0.304. The highest BCUT2D eigenvalue weighted by Crippen LogP contribution is 2.22. The monoisotopic (exact) mass is 428 g/mol. The smallest absolute Gasteiger partial charge is 0.170 e. The number of carbonyl (C=O) groups excluding carboxylic acids is 1. The molecule has 0 bridgehead atoms. The number of hydrogen-bond acceptors (Lipinski definition) is 8. The second kappa shape index (κ2) is 8.43. The molecule has 0 aromatic carbocycles. The van der Waals surface area contributed by atoms with Gasteiger partial charge in [0.25, 0.3) is 0 Å². The molecule has 0 amide bonds. The zero-order valence-electron chi connectivity index (χ0n) is 18.1. The van der Waals surface area contributed by atoms with E-state index in [9.17, 15) is 4.79 Å². The molecule has 162 valence electrons. The molecule has 1 aliphatic rings. The summed E-state index contributed by atoms with van der Waals surface area (Å²) in [5, 5.41) is 14.4. The van der Waals surface area contributed by atoms with Gasteiger partial charge in [-0.1, -0.05) is 0 Å². The van der Waals surface area contributed by atoms with Crippen LogP contribution in [0.2, 0.25) is 0 Å². The van der Waals surface area contributed by atoms with Crippen LogP contribution in [0, 0.1) is 0 Å². The molecule has 5 heterocycles. The Morgan fingerprint density at radius 3 is 2.53 bits per heavy atom. The van der Waals surface area contributed by atoms with E-state index in [-0.39, 0.29) is 12.2 Å². The van der Waals surface area contributed by atoms with Crippen LogP contribution in [-0.4, -0.2) is 73.9 Å². The summed E-state index contributed by atoms with van der Waals surface area (Å²) in [5.41, 5.74) is 3.05. The number of hydrogen-bond donors (Lipinski definition) is 0. The van der Waals surface area contributed by atoms with Crippen LogP contribution in [0.3, 0.4) is 0 Å². The lowest BCUT2D eigenvalue weighted by molar-refractivity contribution is 0.0991. The third-order valence-electron chi connectivity index (χ3n) is 5.79. The van der Waals surface area contributed by atoms with Crippen LogP contribution in [-0.2, 0) is 13.5 Å². The van der Waals surface area contributed by atoms with Gasteiger partial charge in [-0.05, 0) is 30.6 Å². The molecular formula is C23H24N8O. The Morgan fingerprint density at radius 2 is 1.75 bits per heavy atom. The molecule has 0 unspecified atom stereocenters. The second-order valence-corrected chi connectivity index (χ2v) is 8.19. The molecule has 0 saturated carbocycles. The fourth-order valence-electron chi connectivity index (χ4n) is 3.86. The lowest BCUT2D eigenvalue weighted by atomic mass is 10.1. The van der Waals surface area contributed by atoms with Crippen molar-refractivity contribution < 1.29 is 4.79 Å². The van der Waals surface area contributed by atoms with Crippen LogP contribution in [0.15, 0.2) is 49.2 Å². The number of aryl methyl sites for hydroxylation is 1. The quantitative estimate of drug-likeness (QED) is 0.446. The van der Waals surface area contributed by atoms with Crippen LogP contribution >= 0.6 is 0 Å². The summed E-state index contributed by atoms with van der Waals surface area (Å²) in [7, 11) is 3.98. The molecule has 0 aliphatic carbocycles. The number of anilines is 1. The number of ketones is 1. The molecule has 0 spiro atoms. The van der Waals surface area contributed by atoms with Gasteiger partial charge in [0, 0.05) is 74.0 Å². The normalized spacial score (nSPS) is 14.8. The molecule has 1 saturated heterocycles. The number of piperazine rings is 1. The lowest BCUT2D eigenvalue weighted by Gasteiger charge is -2.32. The van der Waals surface area contributed by atoms with E-state index in [1.165, 1.54) is 6.20 Å². The van der Waals surface area contributed by atoms with Crippen LogP contribution in [0.25, 0.3) is 22.0 Å². The van der Waals surface area contributed by atoms with Crippen molar-refractivity contribution in [2.45, 2.75) is 6.42 Å². The van der Waals surface area contributed by atoms with Crippen LogP contribution in [0.1, 0.15) is 16.1 Å².